The van der Waals surface area contributed by atoms with E-state index in [1.54, 1.807) is 24.0 Å². The van der Waals surface area contributed by atoms with Crippen LogP contribution in [0.15, 0.2) is 23.2 Å². The summed E-state index contributed by atoms with van der Waals surface area (Å²) in [4.78, 5) is 17.2. The van der Waals surface area contributed by atoms with E-state index < -0.39 is 15.7 Å². The van der Waals surface area contributed by atoms with E-state index in [0.29, 0.717) is 16.4 Å². The number of hydrogen-bond acceptors (Lipinski definition) is 4. The topological polar surface area (TPSA) is 66.8 Å². The molecule has 2 fully saturated rings. The summed E-state index contributed by atoms with van der Waals surface area (Å²) in [6, 6.07) is 4.30. The number of rotatable bonds is 2. The van der Waals surface area contributed by atoms with Gasteiger partial charge in [-0.2, -0.15) is 4.99 Å². The first-order valence-corrected chi connectivity index (χ1v) is 10.1. The highest BCUT2D eigenvalue weighted by molar-refractivity contribution is 8.16. The molecule has 0 N–H and O–H groups in total. The van der Waals surface area contributed by atoms with Gasteiger partial charge in [-0.25, -0.2) is 12.8 Å². The van der Waals surface area contributed by atoms with Gasteiger partial charge in [0.1, 0.15) is 11.7 Å². The van der Waals surface area contributed by atoms with Crippen molar-refractivity contribution in [3.63, 3.8) is 0 Å². The molecule has 0 aliphatic carbocycles. The van der Waals surface area contributed by atoms with Crippen LogP contribution in [-0.4, -0.2) is 48.2 Å². The van der Waals surface area contributed by atoms with E-state index in [1.807, 2.05) is 0 Å². The van der Waals surface area contributed by atoms with Crippen molar-refractivity contribution in [2.45, 2.75) is 18.2 Å². The lowest BCUT2D eigenvalue weighted by atomic mass is 10.1. The molecule has 1 aromatic carbocycles. The summed E-state index contributed by atoms with van der Waals surface area (Å²) >= 11 is 6.73. The molecule has 0 radical (unpaired) electrons. The predicted octanol–water partition coefficient (Wildman–Crippen LogP) is 1.97. The molecule has 2 heterocycles. The van der Waals surface area contributed by atoms with E-state index in [1.165, 1.54) is 17.8 Å². The molecular weight excluding hydrogens is 363 g/mol. The van der Waals surface area contributed by atoms with Crippen molar-refractivity contribution in [3.05, 3.63) is 29.6 Å². The maximum atomic E-state index is 13.9. The summed E-state index contributed by atoms with van der Waals surface area (Å²) in [7, 11) is -3.14. The molecule has 2 aliphatic rings. The van der Waals surface area contributed by atoms with Crippen LogP contribution in [0, 0.1) is 12.7 Å². The van der Waals surface area contributed by atoms with Gasteiger partial charge in [-0.3, -0.25) is 4.79 Å². The molecule has 2 atom stereocenters. The average molecular weight is 377 g/mol. The number of carbonyl (C=O) groups is 1. The van der Waals surface area contributed by atoms with Crippen molar-refractivity contribution in [2.24, 2.45) is 4.99 Å². The quantitative estimate of drug-likeness (QED) is 0.738. The fourth-order valence-electron chi connectivity index (χ4n) is 2.73. The Morgan fingerprint density at radius 1 is 1.48 bits per heavy atom. The molecule has 1 amide bonds. The predicted molar refractivity (Wildman–Crippen MR) is 90.6 cm³/mol. The Kier molecular flexibility index (Phi) is 4.41. The largest absolute Gasteiger partial charge is 0.315 e. The number of alkyl halides is 1. The highest BCUT2D eigenvalue weighted by atomic mass is 35.5. The first kappa shape index (κ1) is 16.7. The van der Waals surface area contributed by atoms with Crippen LogP contribution >= 0.6 is 23.4 Å². The maximum Gasteiger partial charge on any atom is 0.262 e. The Hall–Kier alpha value is -1.12. The Morgan fingerprint density at radius 3 is 2.87 bits per heavy atom. The van der Waals surface area contributed by atoms with Crippen molar-refractivity contribution >= 4 is 50.0 Å². The number of fused-ring (bicyclic) bond motifs is 1. The summed E-state index contributed by atoms with van der Waals surface area (Å²) < 4.78 is 37.7. The molecule has 1 aromatic rings. The summed E-state index contributed by atoms with van der Waals surface area (Å²) in [6.07, 6.45) is 0. The Bertz CT molecular complexity index is 797. The number of benzene rings is 1. The number of carbonyl (C=O) groups excluding carboxylic acids is 1. The standard InChI is InChI=1S/C14H14ClFN2O3S2/c1-8-2-3-9(4-10(8)16)18-11-6-23(20,21)7-12(11)22-14(18)17-13(19)5-15/h2-4,11-12H,5-7H2,1H3/t11-,12+/m0/s1. The monoisotopic (exact) mass is 376 g/mol. The van der Waals surface area contributed by atoms with E-state index in [0.717, 1.165) is 0 Å². The number of thioether (sulfide) groups is 1. The van der Waals surface area contributed by atoms with Crippen LogP contribution in [0.5, 0.6) is 0 Å². The third-order valence-corrected chi connectivity index (χ3v) is 7.27. The second-order valence-electron chi connectivity index (χ2n) is 5.53. The smallest absolute Gasteiger partial charge is 0.262 e. The normalized spacial score (nSPS) is 27.4. The number of aryl methyl sites for hydroxylation is 1. The molecule has 124 valence electrons. The van der Waals surface area contributed by atoms with Gasteiger partial charge in [-0.15, -0.1) is 11.6 Å². The second-order valence-corrected chi connectivity index (χ2v) is 9.15. The molecule has 23 heavy (non-hydrogen) atoms. The fourth-order valence-corrected chi connectivity index (χ4v) is 6.73. The average Bonchev–Trinajstić information content (AvgIpc) is 2.93. The van der Waals surface area contributed by atoms with Gasteiger partial charge >= 0.3 is 0 Å². The third-order valence-electron chi connectivity index (χ3n) is 3.83. The minimum atomic E-state index is -3.14. The molecule has 9 heteroatoms. The van der Waals surface area contributed by atoms with Gasteiger partial charge in [-0.05, 0) is 24.6 Å². The van der Waals surface area contributed by atoms with Crippen LogP contribution in [0.4, 0.5) is 10.1 Å². The summed E-state index contributed by atoms with van der Waals surface area (Å²) in [5.74, 6) is -1.15. The maximum absolute atomic E-state index is 13.9. The van der Waals surface area contributed by atoms with Crippen molar-refractivity contribution < 1.29 is 17.6 Å². The van der Waals surface area contributed by atoms with E-state index >= 15 is 0 Å². The van der Waals surface area contributed by atoms with E-state index in [2.05, 4.69) is 4.99 Å². The highest BCUT2D eigenvalue weighted by Crippen LogP contribution is 2.41. The Labute approximate surface area is 142 Å². The minimum Gasteiger partial charge on any atom is -0.315 e. The summed E-state index contributed by atoms with van der Waals surface area (Å²) in [6.45, 7) is 1.65. The van der Waals surface area contributed by atoms with Crippen molar-refractivity contribution in [3.8, 4) is 0 Å². The summed E-state index contributed by atoms with van der Waals surface area (Å²) in [5.41, 5.74) is 0.984. The van der Waals surface area contributed by atoms with Crippen LogP contribution in [0.1, 0.15) is 5.56 Å². The molecule has 2 saturated heterocycles. The molecule has 0 saturated carbocycles. The number of aliphatic imine (C=N–C) groups is 1. The first-order chi connectivity index (χ1) is 10.8. The van der Waals surface area contributed by atoms with Gasteiger partial charge in [0.15, 0.2) is 15.0 Å². The lowest BCUT2D eigenvalue weighted by Crippen LogP contribution is -2.37. The number of sulfone groups is 1. The molecule has 0 unspecified atom stereocenters. The first-order valence-electron chi connectivity index (χ1n) is 6.90. The summed E-state index contributed by atoms with van der Waals surface area (Å²) in [5, 5.41) is 0.162. The van der Waals surface area contributed by atoms with Crippen molar-refractivity contribution in [1.82, 2.24) is 0 Å². The SMILES string of the molecule is Cc1ccc(N2C(=NC(=O)CCl)S[C@@H]3CS(=O)(=O)C[C@@H]32)cc1F. The van der Waals surface area contributed by atoms with Crippen molar-refractivity contribution in [2.75, 3.05) is 22.3 Å². The van der Waals surface area contributed by atoms with Gasteiger partial charge < -0.3 is 4.90 Å². The van der Waals surface area contributed by atoms with E-state index in [4.69, 9.17) is 11.6 Å². The minimum absolute atomic E-state index is 0.0290. The van der Waals surface area contributed by atoms with Gasteiger partial charge in [-0.1, -0.05) is 17.8 Å². The number of halogens is 2. The van der Waals surface area contributed by atoms with Crippen LogP contribution in [-0.2, 0) is 14.6 Å². The Morgan fingerprint density at radius 2 is 2.22 bits per heavy atom. The zero-order chi connectivity index (χ0) is 16.8. The van der Waals surface area contributed by atoms with Crippen LogP contribution in [0.25, 0.3) is 0 Å². The molecule has 0 bridgehead atoms. The highest BCUT2D eigenvalue weighted by Gasteiger charge is 2.49. The van der Waals surface area contributed by atoms with E-state index in [9.17, 15) is 17.6 Å². The third kappa shape index (κ3) is 3.25. The molecule has 0 spiro atoms. The lowest BCUT2D eigenvalue weighted by molar-refractivity contribution is -0.115. The number of amides is 1. The molecule has 0 aromatic heterocycles. The van der Waals surface area contributed by atoms with Crippen LogP contribution < -0.4 is 4.90 Å². The van der Waals surface area contributed by atoms with Gasteiger partial charge in [0, 0.05) is 10.9 Å². The Balaban J connectivity index is 2.04. The van der Waals surface area contributed by atoms with Gasteiger partial charge in [0.2, 0.25) is 0 Å². The number of amidine groups is 1. The zero-order valence-corrected chi connectivity index (χ0v) is 14.6. The number of hydrogen-bond donors (Lipinski definition) is 0. The zero-order valence-electron chi connectivity index (χ0n) is 12.2. The number of nitrogens with zero attached hydrogens (tertiary/aromatic N) is 2. The van der Waals surface area contributed by atoms with Gasteiger partial charge in [0.05, 0.1) is 17.5 Å². The van der Waals surface area contributed by atoms with Crippen molar-refractivity contribution in [1.29, 1.82) is 0 Å². The van der Waals surface area contributed by atoms with Crippen LogP contribution in [0.3, 0.4) is 0 Å². The lowest BCUT2D eigenvalue weighted by Gasteiger charge is -2.24. The number of anilines is 1. The van der Waals surface area contributed by atoms with Crippen LogP contribution in [0.2, 0.25) is 0 Å². The molecule has 2 aliphatic heterocycles. The van der Waals surface area contributed by atoms with E-state index in [-0.39, 0.29) is 34.5 Å². The second kappa shape index (κ2) is 6.07. The van der Waals surface area contributed by atoms with Gasteiger partial charge in [0.25, 0.3) is 5.91 Å². The molecule has 3 rings (SSSR count). The fraction of sp³-hybridized carbons (Fsp3) is 0.429. The molecule has 5 nitrogen and oxygen atoms in total. The molecular formula is C14H14ClFN2O3S2.